The van der Waals surface area contributed by atoms with E-state index in [1.54, 1.807) is 17.0 Å². The summed E-state index contributed by atoms with van der Waals surface area (Å²) in [4.78, 5) is 13.6. The fraction of sp³-hybridized carbons (Fsp3) is 0.533. The number of halogens is 2. The molecule has 0 spiro atoms. The second-order valence-electron chi connectivity index (χ2n) is 6.02. The van der Waals surface area contributed by atoms with E-state index in [4.69, 9.17) is 23.2 Å². The summed E-state index contributed by atoms with van der Waals surface area (Å²) in [6.07, 6.45) is 0. The van der Waals surface area contributed by atoms with Crippen LogP contribution in [-0.2, 0) is 10.0 Å². The SMILES string of the molecule is CC(C)CNC(=O)N1CCN(S(=O)(=O)c2cccc(Cl)c2Cl)CC1. The van der Waals surface area contributed by atoms with Gasteiger partial charge in [-0.25, -0.2) is 13.2 Å². The van der Waals surface area contributed by atoms with Crippen molar-refractivity contribution in [3.05, 3.63) is 28.2 Å². The van der Waals surface area contributed by atoms with Gasteiger partial charge in [0.25, 0.3) is 0 Å². The number of piperazine rings is 1. The number of nitrogens with zero attached hydrogens (tertiary/aromatic N) is 2. The number of rotatable bonds is 4. The van der Waals surface area contributed by atoms with Crippen molar-refractivity contribution >= 4 is 39.3 Å². The Bertz CT molecular complexity index is 702. The largest absolute Gasteiger partial charge is 0.338 e. The molecule has 1 fully saturated rings. The van der Waals surface area contributed by atoms with Crippen LogP contribution in [0, 0.1) is 5.92 Å². The number of nitrogens with one attached hydrogen (secondary N) is 1. The molecule has 0 unspecified atom stereocenters. The minimum absolute atomic E-state index is 0.00521. The van der Waals surface area contributed by atoms with Crippen molar-refractivity contribution in [3.8, 4) is 0 Å². The molecule has 24 heavy (non-hydrogen) atoms. The Morgan fingerprint density at radius 2 is 1.83 bits per heavy atom. The maximum absolute atomic E-state index is 12.7. The third-order valence-electron chi connectivity index (χ3n) is 3.72. The molecule has 1 aromatic rings. The smallest absolute Gasteiger partial charge is 0.317 e. The molecule has 0 bridgehead atoms. The van der Waals surface area contributed by atoms with Crippen LogP contribution < -0.4 is 5.32 Å². The predicted octanol–water partition coefficient (Wildman–Crippen LogP) is 2.67. The van der Waals surface area contributed by atoms with Crippen molar-refractivity contribution in [2.45, 2.75) is 18.7 Å². The Labute approximate surface area is 152 Å². The number of urea groups is 1. The molecule has 2 amide bonds. The summed E-state index contributed by atoms with van der Waals surface area (Å²) >= 11 is 11.9. The molecule has 9 heteroatoms. The number of carbonyl (C=O) groups excluding carboxylic acids is 1. The standard InChI is InChI=1S/C15H21Cl2N3O3S/c1-11(2)10-18-15(21)19-6-8-20(9-7-19)24(22,23)13-5-3-4-12(16)14(13)17/h3-5,11H,6-10H2,1-2H3,(H,18,21). The lowest BCUT2D eigenvalue weighted by molar-refractivity contribution is 0.171. The van der Waals surface area contributed by atoms with Crippen LogP contribution in [-0.4, -0.2) is 56.4 Å². The molecule has 1 aromatic carbocycles. The van der Waals surface area contributed by atoms with Crippen LogP contribution in [0.5, 0.6) is 0 Å². The van der Waals surface area contributed by atoms with Crippen molar-refractivity contribution in [1.29, 1.82) is 0 Å². The molecule has 1 N–H and O–H groups in total. The predicted molar refractivity (Wildman–Crippen MR) is 95.0 cm³/mol. The Morgan fingerprint density at radius 1 is 1.21 bits per heavy atom. The maximum Gasteiger partial charge on any atom is 0.317 e. The summed E-state index contributed by atoms with van der Waals surface area (Å²) in [6.45, 7) is 5.73. The number of amides is 2. The fourth-order valence-corrected chi connectivity index (χ4v) is 4.52. The fourth-order valence-electron chi connectivity index (χ4n) is 2.36. The molecule has 0 atom stereocenters. The molecule has 0 aliphatic carbocycles. The molecular formula is C15H21Cl2N3O3S. The van der Waals surface area contributed by atoms with E-state index < -0.39 is 10.0 Å². The van der Waals surface area contributed by atoms with Crippen LogP contribution in [0.15, 0.2) is 23.1 Å². The van der Waals surface area contributed by atoms with E-state index in [1.165, 1.54) is 10.4 Å². The molecular weight excluding hydrogens is 373 g/mol. The van der Waals surface area contributed by atoms with Gasteiger partial charge in [-0.05, 0) is 18.1 Å². The van der Waals surface area contributed by atoms with E-state index >= 15 is 0 Å². The van der Waals surface area contributed by atoms with Gasteiger partial charge in [0.1, 0.15) is 4.90 Å². The normalized spacial score (nSPS) is 16.5. The first-order valence-electron chi connectivity index (χ1n) is 7.70. The van der Waals surface area contributed by atoms with Crippen LogP contribution in [0.4, 0.5) is 4.79 Å². The van der Waals surface area contributed by atoms with Crippen LogP contribution >= 0.6 is 23.2 Å². The Morgan fingerprint density at radius 3 is 2.42 bits per heavy atom. The van der Waals surface area contributed by atoms with Gasteiger partial charge in [-0.15, -0.1) is 0 Å². The second-order valence-corrected chi connectivity index (χ2v) is 8.71. The van der Waals surface area contributed by atoms with Crippen molar-refractivity contribution < 1.29 is 13.2 Å². The first-order chi connectivity index (χ1) is 11.2. The van der Waals surface area contributed by atoms with E-state index in [-0.39, 0.29) is 34.1 Å². The zero-order chi connectivity index (χ0) is 17.9. The highest BCUT2D eigenvalue weighted by molar-refractivity contribution is 7.89. The molecule has 1 aliphatic heterocycles. The van der Waals surface area contributed by atoms with Crippen molar-refractivity contribution in [2.75, 3.05) is 32.7 Å². The van der Waals surface area contributed by atoms with Crippen LogP contribution in [0.25, 0.3) is 0 Å². The zero-order valence-electron chi connectivity index (χ0n) is 13.6. The van der Waals surface area contributed by atoms with Gasteiger partial charge in [0, 0.05) is 32.7 Å². The maximum atomic E-state index is 12.7. The van der Waals surface area contributed by atoms with E-state index in [1.807, 2.05) is 13.8 Å². The highest BCUT2D eigenvalue weighted by Crippen LogP contribution is 2.31. The first-order valence-corrected chi connectivity index (χ1v) is 9.90. The van der Waals surface area contributed by atoms with Crippen LogP contribution in [0.3, 0.4) is 0 Å². The van der Waals surface area contributed by atoms with Gasteiger partial charge in [-0.1, -0.05) is 43.1 Å². The van der Waals surface area contributed by atoms with Crippen molar-refractivity contribution in [1.82, 2.24) is 14.5 Å². The van der Waals surface area contributed by atoms with E-state index in [2.05, 4.69) is 5.32 Å². The van der Waals surface area contributed by atoms with Gasteiger partial charge >= 0.3 is 6.03 Å². The molecule has 134 valence electrons. The zero-order valence-corrected chi connectivity index (χ0v) is 16.0. The summed E-state index contributed by atoms with van der Waals surface area (Å²) in [5, 5.41) is 3.06. The Kier molecular flexibility index (Phi) is 6.36. The molecule has 0 saturated carbocycles. The highest BCUT2D eigenvalue weighted by Gasteiger charge is 2.31. The average molecular weight is 394 g/mol. The molecule has 1 aliphatic rings. The molecule has 6 nitrogen and oxygen atoms in total. The molecule has 0 radical (unpaired) electrons. The lowest BCUT2D eigenvalue weighted by atomic mass is 10.2. The van der Waals surface area contributed by atoms with E-state index in [0.717, 1.165) is 0 Å². The third-order valence-corrected chi connectivity index (χ3v) is 6.59. The molecule has 2 rings (SSSR count). The number of carbonyl (C=O) groups is 1. The van der Waals surface area contributed by atoms with Crippen molar-refractivity contribution in [3.63, 3.8) is 0 Å². The minimum atomic E-state index is -3.73. The number of hydrogen-bond acceptors (Lipinski definition) is 3. The van der Waals surface area contributed by atoms with E-state index in [0.29, 0.717) is 25.6 Å². The topological polar surface area (TPSA) is 69.7 Å². The lowest BCUT2D eigenvalue weighted by Gasteiger charge is -2.34. The lowest BCUT2D eigenvalue weighted by Crippen LogP contribution is -2.53. The van der Waals surface area contributed by atoms with Crippen LogP contribution in [0.1, 0.15) is 13.8 Å². The van der Waals surface area contributed by atoms with Gasteiger partial charge < -0.3 is 10.2 Å². The Hall–Kier alpha value is -1.02. The van der Waals surface area contributed by atoms with Gasteiger partial charge in [0.2, 0.25) is 10.0 Å². The summed E-state index contributed by atoms with van der Waals surface area (Å²) in [5.41, 5.74) is 0. The summed E-state index contributed by atoms with van der Waals surface area (Å²) < 4.78 is 26.8. The molecule has 0 aromatic heterocycles. The van der Waals surface area contributed by atoms with Gasteiger partial charge in [-0.3, -0.25) is 0 Å². The van der Waals surface area contributed by atoms with Gasteiger partial charge in [-0.2, -0.15) is 4.31 Å². The number of sulfonamides is 1. The van der Waals surface area contributed by atoms with Crippen molar-refractivity contribution in [2.24, 2.45) is 5.92 Å². The van der Waals surface area contributed by atoms with Crippen LogP contribution in [0.2, 0.25) is 10.0 Å². The van der Waals surface area contributed by atoms with Gasteiger partial charge in [0.15, 0.2) is 0 Å². The average Bonchev–Trinajstić information content (AvgIpc) is 2.55. The summed E-state index contributed by atoms with van der Waals surface area (Å²) in [5.74, 6) is 0.362. The number of hydrogen-bond donors (Lipinski definition) is 1. The Balaban J connectivity index is 2.03. The molecule has 1 heterocycles. The van der Waals surface area contributed by atoms with E-state index in [9.17, 15) is 13.2 Å². The summed E-state index contributed by atoms with van der Waals surface area (Å²) in [7, 11) is -3.73. The second kappa shape index (κ2) is 7.91. The third kappa shape index (κ3) is 4.33. The highest BCUT2D eigenvalue weighted by atomic mass is 35.5. The number of benzene rings is 1. The quantitative estimate of drug-likeness (QED) is 0.854. The minimum Gasteiger partial charge on any atom is -0.338 e. The van der Waals surface area contributed by atoms with Gasteiger partial charge in [0.05, 0.1) is 10.0 Å². The monoisotopic (exact) mass is 393 g/mol. The summed E-state index contributed by atoms with van der Waals surface area (Å²) in [6, 6.07) is 4.36. The molecule has 1 saturated heterocycles. The first kappa shape index (κ1) is 19.3.